The van der Waals surface area contributed by atoms with Crippen molar-refractivity contribution in [2.45, 2.75) is 19.3 Å². The molecule has 1 aliphatic rings. The van der Waals surface area contributed by atoms with Crippen LogP contribution < -0.4 is 16.4 Å². The topological polar surface area (TPSA) is 107 Å². The summed E-state index contributed by atoms with van der Waals surface area (Å²) >= 11 is 0. The van der Waals surface area contributed by atoms with Gasteiger partial charge in [0.15, 0.2) is 12.4 Å². The number of rotatable bonds is 5. The number of hydrogen-bond acceptors (Lipinski definition) is 5. The highest BCUT2D eigenvalue weighted by Crippen LogP contribution is 2.18. The Labute approximate surface area is 117 Å². The minimum Gasteiger partial charge on any atom is -0.384 e. The van der Waals surface area contributed by atoms with E-state index >= 15 is 0 Å². The second-order valence-corrected chi connectivity index (χ2v) is 4.67. The Bertz CT molecular complexity index is 497. The molecule has 0 aliphatic carbocycles. The van der Waals surface area contributed by atoms with Crippen molar-refractivity contribution in [1.82, 2.24) is 4.98 Å². The number of nitrogens with zero attached hydrogens (tertiary/aromatic N) is 3. The van der Waals surface area contributed by atoms with Crippen LogP contribution in [0.1, 0.15) is 24.8 Å². The van der Waals surface area contributed by atoms with Crippen molar-refractivity contribution in [2.24, 2.45) is 16.6 Å². The zero-order valence-electron chi connectivity index (χ0n) is 11.3. The van der Waals surface area contributed by atoms with Crippen LogP contribution in [0.3, 0.4) is 0 Å². The predicted molar refractivity (Wildman–Crippen MR) is 76.2 cm³/mol. The van der Waals surface area contributed by atoms with Gasteiger partial charge in [0.05, 0.1) is 0 Å². The number of hydrogen-bond donors (Lipinski definition) is 2. The van der Waals surface area contributed by atoms with E-state index in [1.54, 1.807) is 12.3 Å². The molecule has 1 fully saturated rings. The fraction of sp³-hybridized carbons (Fsp3) is 0.462. The van der Waals surface area contributed by atoms with E-state index in [1.165, 1.54) is 19.3 Å². The van der Waals surface area contributed by atoms with Crippen molar-refractivity contribution in [1.29, 1.82) is 0 Å². The number of amidine groups is 1. The number of oxime groups is 1. The smallest absolute Gasteiger partial charge is 0.258 e. The molecule has 0 atom stereocenters. The van der Waals surface area contributed by atoms with Gasteiger partial charge in [-0.1, -0.05) is 5.16 Å². The van der Waals surface area contributed by atoms with Gasteiger partial charge in [-0.15, -0.1) is 0 Å². The average Bonchev–Trinajstić information content (AvgIpc) is 2.48. The molecule has 1 aromatic rings. The van der Waals surface area contributed by atoms with Gasteiger partial charge in [-0.05, 0) is 31.4 Å². The van der Waals surface area contributed by atoms with E-state index in [2.05, 4.69) is 15.0 Å². The maximum Gasteiger partial charge on any atom is 0.258 e. The van der Waals surface area contributed by atoms with Crippen molar-refractivity contribution in [3.8, 4) is 0 Å². The summed E-state index contributed by atoms with van der Waals surface area (Å²) in [5.74, 6) is 0.493. The summed E-state index contributed by atoms with van der Waals surface area (Å²) in [4.78, 5) is 21.9. The summed E-state index contributed by atoms with van der Waals surface area (Å²) in [6.45, 7) is 1.72. The largest absolute Gasteiger partial charge is 0.384 e. The van der Waals surface area contributed by atoms with Gasteiger partial charge >= 0.3 is 0 Å². The molecule has 4 N–H and O–H groups in total. The number of pyridine rings is 1. The first-order valence-corrected chi connectivity index (χ1v) is 6.62. The second-order valence-electron chi connectivity index (χ2n) is 4.67. The second kappa shape index (κ2) is 6.74. The van der Waals surface area contributed by atoms with Crippen molar-refractivity contribution in [3.63, 3.8) is 0 Å². The molecule has 1 aromatic heterocycles. The van der Waals surface area contributed by atoms with Gasteiger partial charge in [0.25, 0.3) is 5.91 Å². The Morgan fingerprint density at radius 3 is 2.80 bits per heavy atom. The normalized spacial score (nSPS) is 16.0. The average molecular weight is 277 g/mol. The van der Waals surface area contributed by atoms with E-state index in [1.807, 2.05) is 6.07 Å². The number of nitrogens with two attached hydrogens (primary N) is 2. The Hall–Kier alpha value is -2.31. The molecule has 1 aliphatic heterocycles. The number of carbonyl (C=O) groups is 1. The van der Waals surface area contributed by atoms with E-state index in [-0.39, 0.29) is 12.4 Å². The third-order valence-electron chi connectivity index (χ3n) is 3.09. The van der Waals surface area contributed by atoms with Gasteiger partial charge in [0, 0.05) is 24.8 Å². The molecule has 0 unspecified atom stereocenters. The van der Waals surface area contributed by atoms with Crippen LogP contribution >= 0.6 is 0 Å². The Morgan fingerprint density at radius 2 is 2.10 bits per heavy atom. The molecule has 2 heterocycles. The van der Waals surface area contributed by atoms with Crippen molar-refractivity contribution >= 4 is 17.6 Å². The number of piperidine rings is 1. The Balaban J connectivity index is 2.06. The third-order valence-corrected chi connectivity index (χ3v) is 3.09. The molecular formula is C13H19N5O2. The van der Waals surface area contributed by atoms with E-state index in [0.717, 1.165) is 18.9 Å². The number of primary amides is 1. The van der Waals surface area contributed by atoms with E-state index in [4.69, 9.17) is 16.3 Å². The third kappa shape index (κ3) is 3.84. The highest BCUT2D eigenvalue weighted by Gasteiger charge is 2.13. The van der Waals surface area contributed by atoms with Gasteiger partial charge < -0.3 is 21.2 Å². The van der Waals surface area contributed by atoms with Gasteiger partial charge in [0.1, 0.15) is 5.82 Å². The predicted octanol–water partition coefficient (Wildman–Crippen LogP) is 0.194. The van der Waals surface area contributed by atoms with E-state index in [9.17, 15) is 4.79 Å². The minimum absolute atomic E-state index is 0.201. The summed E-state index contributed by atoms with van der Waals surface area (Å²) < 4.78 is 0. The maximum atomic E-state index is 10.5. The molecule has 1 amide bonds. The SMILES string of the molecule is NC(=O)CO/N=C(\N)c1ccnc(N2CCCCC2)c1. The first-order chi connectivity index (χ1) is 9.66. The zero-order chi connectivity index (χ0) is 14.4. The van der Waals surface area contributed by atoms with Gasteiger partial charge in [0.2, 0.25) is 0 Å². The lowest BCUT2D eigenvalue weighted by atomic mass is 10.1. The monoisotopic (exact) mass is 277 g/mol. The molecule has 0 aromatic carbocycles. The summed E-state index contributed by atoms with van der Waals surface area (Å²) in [7, 11) is 0. The van der Waals surface area contributed by atoms with Crippen LogP contribution in [0.15, 0.2) is 23.5 Å². The first kappa shape index (κ1) is 14.1. The highest BCUT2D eigenvalue weighted by atomic mass is 16.6. The van der Waals surface area contributed by atoms with Crippen molar-refractivity contribution in [2.75, 3.05) is 24.6 Å². The highest BCUT2D eigenvalue weighted by molar-refractivity contribution is 5.97. The molecule has 20 heavy (non-hydrogen) atoms. The fourth-order valence-corrected chi connectivity index (χ4v) is 2.09. The van der Waals surface area contributed by atoms with Crippen LogP contribution in [-0.4, -0.2) is 36.4 Å². The number of anilines is 1. The Kier molecular flexibility index (Phi) is 4.75. The summed E-state index contributed by atoms with van der Waals surface area (Å²) in [5.41, 5.74) is 11.5. The van der Waals surface area contributed by atoms with Crippen LogP contribution in [0, 0.1) is 0 Å². The lowest BCUT2D eigenvalue weighted by Crippen LogP contribution is -2.30. The van der Waals surface area contributed by atoms with Crippen LogP contribution in [0.4, 0.5) is 5.82 Å². The lowest BCUT2D eigenvalue weighted by molar-refractivity contribution is -0.122. The molecule has 0 spiro atoms. The lowest BCUT2D eigenvalue weighted by Gasteiger charge is -2.27. The first-order valence-electron chi connectivity index (χ1n) is 6.62. The molecule has 7 heteroatoms. The summed E-state index contributed by atoms with van der Waals surface area (Å²) in [6.07, 6.45) is 5.31. The zero-order valence-corrected chi connectivity index (χ0v) is 11.3. The molecule has 0 radical (unpaired) electrons. The van der Waals surface area contributed by atoms with E-state index < -0.39 is 5.91 Å². The van der Waals surface area contributed by atoms with Gasteiger partial charge in [-0.2, -0.15) is 0 Å². The number of aromatic nitrogens is 1. The molecule has 1 saturated heterocycles. The maximum absolute atomic E-state index is 10.5. The fourth-order valence-electron chi connectivity index (χ4n) is 2.09. The Morgan fingerprint density at radius 1 is 1.35 bits per heavy atom. The number of carbonyl (C=O) groups excluding carboxylic acids is 1. The van der Waals surface area contributed by atoms with Crippen LogP contribution in [0.5, 0.6) is 0 Å². The standard InChI is InChI=1S/C13H19N5O2/c14-11(19)9-20-17-13(15)10-4-5-16-12(8-10)18-6-2-1-3-7-18/h4-5,8H,1-3,6-7,9H2,(H2,14,19)(H2,15,17). The van der Waals surface area contributed by atoms with Gasteiger partial charge in [-0.25, -0.2) is 4.98 Å². The van der Waals surface area contributed by atoms with Crippen LogP contribution in [-0.2, 0) is 9.63 Å². The van der Waals surface area contributed by atoms with Crippen molar-refractivity contribution in [3.05, 3.63) is 23.9 Å². The van der Waals surface area contributed by atoms with Crippen LogP contribution in [0.2, 0.25) is 0 Å². The molecule has 0 bridgehead atoms. The number of amides is 1. The van der Waals surface area contributed by atoms with Crippen molar-refractivity contribution < 1.29 is 9.63 Å². The molecule has 0 saturated carbocycles. The minimum atomic E-state index is -0.592. The summed E-state index contributed by atoms with van der Waals surface area (Å²) in [6, 6.07) is 3.62. The summed E-state index contributed by atoms with van der Waals surface area (Å²) in [5, 5.41) is 3.67. The molecule has 7 nitrogen and oxygen atoms in total. The quantitative estimate of drug-likeness (QED) is 0.454. The van der Waals surface area contributed by atoms with Crippen LogP contribution in [0.25, 0.3) is 0 Å². The van der Waals surface area contributed by atoms with E-state index in [0.29, 0.717) is 5.56 Å². The molecule has 2 rings (SSSR count). The van der Waals surface area contributed by atoms with Gasteiger partial charge in [-0.3, -0.25) is 4.79 Å². The molecular weight excluding hydrogens is 258 g/mol. The molecule has 108 valence electrons.